The van der Waals surface area contributed by atoms with Gasteiger partial charge in [0, 0.05) is 42.4 Å². The summed E-state index contributed by atoms with van der Waals surface area (Å²) in [6.45, 7) is 0. The summed E-state index contributed by atoms with van der Waals surface area (Å²) in [5.74, 6) is 1.95. The number of hydrogen-bond acceptors (Lipinski definition) is 4. The Bertz CT molecular complexity index is 2510. The van der Waals surface area contributed by atoms with Gasteiger partial charge in [-0.3, -0.25) is 0 Å². The zero-order valence-electron chi connectivity index (χ0n) is 25.3. The Hall–Kier alpha value is -5.97. The van der Waals surface area contributed by atoms with Gasteiger partial charge in [0.2, 0.25) is 0 Å². The lowest BCUT2D eigenvalue weighted by molar-refractivity contribution is 1.07. The first kappa shape index (κ1) is 27.3. The van der Waals surface area contributed by atoms with Crippen LogP contribution >= 0.6 is 11.3 Å². The molecule has 0 radical (unpaired) electrons. The van der Waals surface area contributed by atoms with Crippen molar-refractivity contribution in [2.24, 2.45) is 0 Å². The smallest absolute Gasteiger partial charge is 0.164 e. The number of aromatic nitrogens is 3. The molecule has 7 aromatic carbocycles. The Balaban J connectivity index is 1.26. The quantitative estimate of drug-likeness (QED) is 0.193. The third kappa shape index (κ3) is 4.78. The van der Waals surface area contributed by atoms with Crippen LogP contribution in [0.3, 0.4) is 0 Å². The standard InChI is InChI=1S/C43H27N3S/c1-3-15-29(16-4-1)41-44-42(30-17-5-2-6-18-30)46-43(45-41)36-23-12-11-22-34(36)32-20-9-10-21-33(32)35-24-13-25-37-39-31-19-8-7-14-28(31)26-27-38(39)47-40(35)37/h1-27H. The lowest BCUT2D eigenvalue weighted by Gasteiger charge is -2.15. The molecule has 0 saturated heterocycles. The first-order chi connectivity index (χ1) is 23.3. The highest BCUT2D eigenvalue weighted by molar-refractivity contribution is 7.26. The molecule has 220 valence electrons. The molecule has 0 aliphatic carbocycles. The summed E-state index contributed by atoms with van der Waals surface area (Å²) in [6, 6.07) is 57.3. The van der Waals surface area contributed by atoms with E-state index in [1.807, 2.05) is 72.0 Å². The van der Waals surface area contributed by atoms with Crippen LogP contribution in [0, 0.1) is 0 Å². The minimum absolute atomic E-state index is 0.648. The average Bonchev–Trinajstić information content (AvgIpc) is 3.55. The summed E-state index contributed by atoms with van der Waals surface area (Å²) >= 11 is 1.87. The molecule has 0 bridgehead atoms. The minimum atomic E-state index is 0.648. The molecule has 0 saturated carbocycles. The van der Waals surface area contributed by atoms with Crippen LogP contribution in [0.25, 0.3) is 87.4 Å². The SMILES string of the molecule is c1ccc(-c2nc(-c3ccccc3)nc(-c3ccccc3-c3ccccc3-c3cccc4c3sc3ccc5ccccc5c34)n2)cc1. The Kier molecular flexibility index (Phi) is 6.65. The van der Waals surface area contributed by atoms with Crippen molar-refractivity contribution in [2.75, 3.05) is 0 Å². The highest BCUT2D eigenvalue weighted by Crippen LogP contribution is 2.45. The number of thiophene rings is 1. The molecular weight excluding hydrogens is 591 g/mol. The molecule has 0 aliphatic rings. The van der Waals surface area contributed by atoms with E-state index in [9.17, 15) is 0 Å². The summed E-state index contributed by atoms with van der Waals surface area (Å²) in [6.07, 6.45) is 0. The van der Waals surface area contributed by atoms with Crippen molar-refractivity contribution in [1.29, 1.82) is 0 Å². The molecule has 2 aromatic heterocycles. The van der Waals surface area contributed by atoms with Gasteiger partial charge in [0.25, 0.3) is 0 Å². The number of benzene rings is 7. The summed E-state index contributed by atoms with van der Waals surface area (Å²) in [7, 11) is 0. The summed E-state index contributed by atoms with van der Waals surface area (Å²) in [4.78, 5) is 15.1. The van der Waals surface area contributed by atoms with Crippen molar-refractivity contribution in [2.45, 2.75) is 0 Å². The molecule has 9 aromatic rings. The van der Waals surface area contributed by atoms with Crippen molar-refractivity contribution >= 4 is 42.3 Å². The largest absolute Gasteiger partial charge is 0.208 e. The fourth-order valence-electron chi connectivity index (χ4n) is 6.58. The molecule has 47 heavy (non-hydrogen) atoms. The highest BCUT2D eigenvalue weighted by Gasteiger charge is 2.19. The van der Waals surface area contributed by atoms with Gasteiger partial charge in [0.05, 0.1) is 0 Å². The van der Waals surface area contributed by atoms with E-state index in [1.165, 1.54) is 42.1 Å². The molecule has 2 heterocycles. The van der Waals surface area contributed by atoms with E-state index in [0.717, 1.165) is 27.8 Å². The number of rotatable bonds is 5. The zero-order valence-corrected chi connectivity index (χ0v) is 26.2. The Labute approximate surface area is 276 Å². The fraction of sp³-hybridized carbons (Fsp3) is 0. The number of nitrogens with zero attached hydrogens (tertiary/aromatic N) is 3. The molecule has 0 fully saturated rings. The van der Waals surface area contributed by atoms with E-state index in [2.05, 4.69) is 103 Å². The topological polar surface area (TPSA) is 38.7 Å². The van der Waals surface area contributed by atoms with Crippen molar-refractivity contribution in [3.63, 3.8) is 0 Å². The molecule has 4 heteroatoms. The molecule has 3 nitrogen and oxygen atoms in total. The van der Waals surface area contributed by atoms with Crippen LogP contribution < -0.4 is 0 Å². The van der Waals surface area contributed by atoms with Gasteiger partial charge in [-0.05, 0) is 33.5 Å². The fourth-order valence-corrected chi connectivity index (χ4v) is 7.82. The molecule has 0 amide bonds. The van der Waals surface area contributed by atoms with E-state index in [4.69, 9.17) is 15.0 Å². The van der Waals surface area contributed by atoms with Gasteiger partial charge in [-0.1, -0.05) is 158 Å². The van der Waals surface area contributed by atoms with Crippen LogP contribution in [-0.2, 0) is 0 Å². The van der Waals surface area contributed by atoms with Gasteiger partial charge in [-0.2, -0.15) is 0 Å². The van der Waals surface area contributed by atoms with E-state index in [1.54, 1.807) is 0 Å². The second-order valence-corrected chi connectivity index (χ2v) is 12.6. The van der Waals surface area contributed by atoms with Gasteiger partial charge < -0.3 is 0 Å². The van der Waals surface area contributed by atoms with Crippen LogP contribution in [0.1, 0.15) is 0 Å². The van der Waals surface area contributed by atoms with Crippen LogP contribution in [0.5, 0.6) is 0 Å². The maximum atomic E-state index is 5.08. The maximum absolute atomic E-state index is 5.08. The first-order valence-corrected chi connectivity index (χ1v) is 16.5. The van der Waals surface area contributed by atoms with Crippen LogP contribution in [-0.4, -0.2) is 15.0 Å². The number of hydrogen-bond donors (Lipinski definition) is 0. The van der Waals surface area contributed by atoms with Crippen LogP contribution in [0.2, 0.25) is 0 Å². The van der Waals surface area contributed by atoms with Gasteiger partial charge in [0.15, 0.2) is 17.5 Å². The van der Waals surface area contributed by atoms with Gasteiger partial charge in [-0.25, -0.2) is 15.0 Å². The second kappa shape index (κ2) is 11.4. The molecule has 0 aliphatic heterocycles. The molecular formula is C43H27N3S. The third-order valence-corrected chi connectivity index (χ3v) is 9.97. The van der Waals surface area contributed by atoms with E-state index in [0.29, 0.717) is 17.5 Å². The Morgan fingerprint density at radius 1 is 0.340 bits per heavy atom. The van der Waals surface area contributed by atoms with Crippen molar-refractivity contribution in [1.82, 2.24) is 15.0 Å². The summed E-state index contributed by atoms with van der Waals surface area (Å²) < 4.78 is 2.60. The second-order valence-electron chi connectivity index (χ2n) is 11.6. The molecule has 0 spiro atoms. The van der Waals surface area contributed by atoms with Crippen LogP contribution in [0.4, 0.5) is 0 Å². The van der Waals surface area contributed by atoms with Gasteiger partial charge >= 0.3 is 0 Å². The molecule has 0 N–H and O–H groups in total. The normalized spacial score (nSPS) is 11.4. The van der Waals surface area contributed by atoms with E-state index >= 15 is 0 Å². The minimum Gasteiger partial charge on any atom is -0.208 e. The third-order valence-electron chi connectivity index (χ3n) is 8.76. The van der Waals surface area contributed by atoms with E-state index in [-0.39, 0.29) is 0 Å². The first-order valence-electron chi connectivity index (χ1n) is 15.7. The lowest BCUT2D eigenvalue weighted by Crippen LogP contribution is -2.01. The zero-order chi connectivity index (χ0) is 31.2. The molecule has 9 rings (SSSR count). The Morgan fingerprint density at radius 3 is 1.51 bits per heavy atom. The highest BCUT2D eigenvalue weighted by atomic mass is 32.1. The molecule has 0 unspecified atom stereocenters. The van der Waals surface area contributed by atoms with Gasteiger partial charge in [-0.15, -0.1) is 11.3 Å². The predicted molar refractivity (Wildman–Crippen MR) is 197 cm³/mol. The van der Waals surface area contributed by atoms with Gasteiger partial charge in [0.1, 0.15) is 0 Å². The van der Waals surface area contributed by atoms with Crippen molar-refractivity contribution < 1.29 is 0 Å². The summed E-state index contributed by atoms with van der Waals surface area (Å²) in [5, 5.41) is 5.18. The van der Waals surface area contributed by atoms with Crippen molar-refractivity contribution in [3.8, 4) is 56.4 Å². The predicted octanol–water partition coefficient (Wildman–Crippen LogP) is 11.7. The Morgan fingerprint density at radius 2 is 0.830 bits per heavy atom. The average molecular weight is 618 g/mol. The monoisotopic (exact) mass is 617 g/mol. The van der Waals surface area contributed by atoms with Crippen molar-refractivity contribution in [3.05, 3.63) is 164 Å². The van der Waals surface area contributed by atoms with E-state index < -0.39 is 0 Å². The van der Waals surface area contributed by atoms with Crippen LogP contribution in [0.15, 0.2) is 164 Å². The molecule has 0 atom stereocenters. The maximum Gasteiger partial charge on any atom is 0.164 e. The number of fused-ring (bicyclic) bond motifs is 5. The summed E-state index contributed by atoms with van der Waals surface area (Å²) in [5.41, 5.74) is 7.50. The lowest BCUT2D eigenvalue weighted by atomic mass is 9.91.